The zero-order valence-corrected chi connectivity index (χ0v) is 19.7. The number of aromatic nitrogens is 1. The van der Waals surface area contributed by atoms with Crippen LogP contribution in [0.2, 0.25) is 0 Å². The maximum absolute atomic E-state index is 5.67. The van der Waals surface area contributed by atoms with E-state index in [0.29, 0.717) is 31.6 Å². The van der Waals surface area contributed by atoms with Crippen molar-refractivity contribution in [3.63, 3.8) is 0 Å². The fourth-order valence-corrected chi connectivity index (χ4v) is 3.27. The Balaban J connectivity index is 0.00000300. The smallest absolute Gasteiger partial charge is 0.226 e. The van der Waals surface area contributed by atoms with E-state index in [1.54, 1.807) is 13.4 Å². The summed E-state index contributed by atoms with van der Waals surface area (Å²) >= 11 is 0. The zero-order valence-electron chi connectivity index (χ0n) is 17.4. The van der Waals surface area contributed by atoms with Gasteiger partial charge in [0.25, 0.3) is 0 Å². The summed E-state index contributed by atoms with van der Waals surface area (Å²) in [5, 5.41) is 3.39. The Bertz CT molecular complexity index is 764. The molecular formula is C21H31IN4O3. The monoisotopic (exact) mass is 514 g/mol. The molecule has 2 aromatic rings. The molecule has 0 spiro atoms. The molecule has 1 aliphatic rings. The Kier molecular flexibility index (Phi) is 9.89. The summed E-state index contributed by atoms with van der Waals surface area (Å²) in [6.45, 7) is 6.62. The van der Waals surface area contributed by atoms with E-state index in [0.717, 1.165) is 43.3 Å². The predicted molar refractivity (Wildman–Crippen MR) is 125 cm³/mol. The summed E-state index contributed by atoms with van der Waals surface area (Å²) in [6.07, 6.45) is 2.81. The normalized spacial score (nSPS) is 16.7. The molecule has 1 unspecified atom stereocenters. The molecule has 8 heteroatoms. The minimum atomic E-state index is 0. The van der Waals surface area contributed by atoms with E-state index in [4.69, 9.17) is 13.9 Å². The lowest BCUT2D eigenvalue weighted by Gasteiger charge is -2.21. The van der Waals surface area contributed by atoms with Crippen LogP contribution in [0.5, 0.6) is 0 Å². The van der Waals surface area contributed by atoms with Crippen LogP contribution in [-0.2, 0) is 16.0 Å². The number of nitrogens with zero attached hydrogens (tertiary/aromatic N) is 3. The third-order valence-corrected chi connectivity index (χ3v) is 4.86. The minimum Gasteiger partial charge on any atom is -0.444 e. The van der Waals surface area contributed by atoms with Gasteiger partial charge in [0.1, 0.15) is 6.26 Å². The molecule has 0 saturated carbocycles. The van der Waals surface area contributed by atoms with Gasteiger partial charge in [-0.3, -0.25) is 4.99 Å². The van der Waals surface area contributed by atoms with Gasteiger partial charge in [-0.25, -0.2) is 4.98 Å². The fraction of sp³-hybridized carbons (Fsp3) is 0.524. The van der Waals surface area contributed by atoms with Gasteiger partial charge in [-0.15, -0.1) is 24.0 Å². The summed E-state index contributed by atoms with van der Waals surface area (Å²) in [5.74, 6) is 2.05. The van der Waals surface area contributed by atoms with Crippen molar-refractivity contribution in [1.82, 2.24) is 15.2 Å². The molecule has 1 fully saturated rings. The van der Waals surface area contributed by atoms with E-state index in [-0.39, 0.29) is 24.0 Å². The molecule has 1 saturated heterocycles. The van der Waals surface area contributed by atoms with Crippen LogP contribution < -0.4 is 5.32 Å². The van der Waals surface area contributed by atoms with Gasteiger partial charge >= 0.3 is 0 Å². The van der Waals surface area contributed by atoms with E-state index in [1.165, 1.54) is 5.56 Å². The Labute approximate surface area is 189 Å². The van der Waals surface area contributed by atoms with Gasteiger partial charge in [0.15, 0.2) is 5.96 Å². The molecule has 1 atom stereocenters. The van der Waals surface area contributed by atoms with Gasteiger partial charge in [0.05, 0.1) is 32.1 Å². The number of hydrogen-bond acceptors (Lipinski definition) is 5. The topological polar surface area (TPSA) is 72.1 Å². The lowest BCUT2D eigenvalue weighted by atomic mass is 10.1. The van der Waals surface area contributed by atoms with Gasteiger partial charge in [-0.1, -0.05) is 17.7 Å². The molecule has 3 rings (SSSR count). The molecule has 0 bridgehead atoms. The average Bonchev–Trinajstić information content (AvgIpc) is 3.37. The van der Waals surface area contributed by atoms with E-state index in [9.17, 15) is 0 Å². The largest absolute Gasteiger partial charge is 0.444 e. The SMILES string of the molecule is CN=C(NCc1coc(-c2ccc(C)cc2)n1)N1CCC(COCCOC)C1.I. The fourth-order valence-electron chi connectivity index (χ4n) is 3.27. The molecule has 29 heavy (non-hydrogen) atoms. The summed E-state index contributed by atoms with van der Waals surface area (Å²) in [7, 11) is 3.50. The first-order chi connectivity index (χ1) is 13.7. The molecule has 1 aliphatic heterocycles. The third-order valence-electron chi connectivity index (χ3n) is 4.86. The maximum Gasteiger partial charge on any atom is 0.226 e. The molecule has 160 valence electrons. The van der Waals surface area contributed by atoms with Crippen molar-refractivity contribution in [3.8, 4) is 11.5 Å². The van der Waals surface area contributed by atoms with Crippen LogP contribution in [0.15, 0.2) is 39.9 Å². The third kappa shape index (κ3) is 6.97. The molecule has 7 nitrogen and oxygen atoms in total. The summed E-state index contributed by atoms with van der Waals surface area (Å²) < 4.78 is 16.3. The summed E-state index contributed by atoms with van der Waals surface area (Å²) in [5.41, 5.74) is 3.06. The second-order valence-electron chi connectivity index (χ2n) is 7.08. The molecule has 1 aromatic heterocycles. The van der Waals surface area contributed by atoms with Crippen LogP contribution in [0.4, 0.5) is 0 Å². The second-order valence-corrected chi connectivity index (χ2v) is 7.08. The van der Waals surface area contributed by atoms with Crippen molar-refractivity contribution in [1.29, 1.82) is 0 Å². The number of aryl methyl sites for hydroxylation is 1. The van der Waals surface area contributed by atoms with Crippen molar-refractivity contribution in [2.75, 3.05) is 47.1 Å². The van der Waals surface area contributed by atoms with Gasteiger partial charge < -0.3 is 24.1 Å². The minimum absolute atomic E-state index is 0. The lowest BCUT2D eigenvalue weighted by Crippen LogP contribution is -2.40. The predicted octanol–water partition coefficient (Wildman–Crippen LogP) is 3.33. The van der Waals surface area contributed by atoms with Crippen LogP contribution in [0, 0.1) is 12.8 Å². The van der Waals surface area contributed by atoms with E-state index >= 15 is 0 Å². The van der Waals surface area contributed by atoms with Crippen LogP contribution in [0.25, 0.3) is 11.5 Å². The van der Waals surface area contributed by atoms with Crippen LogP contribution in [-0.4, -0.2) is 62.9 Å². The van der Waals surface area contributed by atoms with Crippen molar-refractivity contribution in [2.45, 2.75) is 19.9 Å². The Morgan fingerprint density at radius 2 is 2.10 bits per heavy atom. The number of aliphatic imine (C=N–C) groups is 1. The highest BCUT2D eigenvalue weighted by molar-refractivity contribution is 14.0. The molecule has 1 N–H and O–H groups in total. The number of oxazole rings is 1. The van der Waals surface area contributed by atoms with E-state index in [2.05, 4.69) is 39.2 Å². The number of nitrogens with one attached hydrogen (secondary N) is 1. The van der Waals surface area contributed by atoms with Gasteiger partial charge in [-0.05, 0) is 25.5 Å². The number of benzene rings is 1. The number of likely N-dealkylation sites (tertiary alicyclic amines) is 1. The quantitative estimate of drug-likeness (QED) is 0.252. The van der Waals surface area contributed by atoms with E-state index < -0.39 is 0 Å². The first-order valence-corrected chi connectivity index (χ1v) is 9.73. The van der Waals surface area contributed by atoms with Gasteiger partial charge in [0.2, 0.25) is 5.89 Å². The van der Waals surface area contributed by atoms with Crippen molar-refractivity contribution >= 4 is 29.9 Å². The Hall–Kier alpha value is -1.65. The van der Waals surface area contributed by atoms with Gasteiger partial charge in [0, 0.05) is 38.7 Å². The number of hydrogen-bond donors (Lipinski definition) is 1. The van der Waals surface area contributed by atoms with Crippen molar-refractivity contribution < 1.29 is 13.9 Å². The molecule has 2 heterocycles. The highest BCUT2D eigenvalue weighted by atomic mass is 127. The summed E-state index contributed by atoms with van der Waals surface area (Å²) in [4.78, 5) is 11.3. The molecule has 1 aromatic carbocycles. The van der Waals surface area contributed by atoms with E-state index in [1.807, 2.05) is 19.2 Å². The number of guanidine groups is 1. The van der Waals surface area contributed by atoms with Crippen molar-refractivity contribution in [3.05, 3.63) is 41.8 Å². The van der Waals surface area contributed by atoms with Crippen LogP contribution in [0.1, 0.15) is 17.7 Å². The second kappa shape index (κ2) is 12.1. The van der Waals surface area contributed by atoms with Crippen LogP contribution in [0.3, 0.4) is 0 Å². The number of methoxy groups -OCH3 is 1. The number of rotatable bonds is 8. The maximum atomic E-state index is 5.67. The first kappa shape index (κ1) is 23.6. The lowest BCUT2D eigenvalue weighted by molar-refractivity contribution is 0.0536. The Morgan fingerprint density at radius 3 is 2.83 bits per heavy atom. The zero-order chi connectivity index (χ0) is 19.8. The van der Waals surface area contributed by atoms with Crippen molar-refractivity contribution in [2.24, 2.45) is 10.9 Å². The first-order valence-electron chi connectivity index (χ1n) is 9.73. The number of ether oxygens (including phenoxy) is 2. The standard InChI is InChI=1S/C21H30N4O3.HI/c1-16-4-6-18(7-5-16)20-24-19(15-28-20)12-23-21(22-2)25-9-8-17(13-25)14-27-11-10-26-3;/h4-7,15,17H,8-14H2,1-3H3,(H,22,23);1H. The highest BCUT2D eigenvalue weighted by Gasteiger charge is 2.25. The highest BCUT2D eigenvalue weighted by Crippen LogP contribution is 2.20. The summed E-state index contributed by atoms with van der Waals surface area (Å²) in [6, 6.07) is 8.16. The average molecular weight is 514 g/mol. The molecule has 0 amide bonds. The molecule has 0 aliphatic carbocycles. The molecule has 0 radical (unpaired) electrons. The Morgan fingerprint density at radius 1 is 1.31 bits per heavy atom. The van der Waals surface area contributed by atoms with Gasteiger partial charge in [-0.2, -0.15) is 0 Å². The number of halogens is 1. The molecular weight excluding hydrogens is 483 g/mol. The van der Waals surface area contributed by atoms with Crippen LogP contribution >= 0.6 is 24.0 Å².